The molecule has 0 saturated heterocycles. The minimum absolute atomic E-state index is 0.0301. The summed E-state index contributed by atoms with van der Waals surface area (Å²) in [5.41, 5.74) is -0.739. The van der Waals surface area contributed by atoms with Crippen LogP contribution in [0.3, 0.4) is 0 Å². The maximum Gasteiger partial charge on any atom is 0.426 e. The minimum Gasteiger partial charge on any atom is -0.481 e. The van der Waals surface area contributed by atoms with Crippen LogP contribution in [0.2, 0.25) is 0 Å². The molecule has 0 unspecified atom stereocenters. The average Bonchev–Trinajstić information content (AvgIpc) is 1.95. The molecule has 0 spiro atoms. The molecular formula is C9H12ClF3O2. The largest absolute Gasteiger partial charge is 0.481 e. The highest BCUT2D eigenvalue weighted by Crippen LogP contribution is 2.32. The van der Waals surface area contributed by atoms with Crippen molar-refractivity contribution in [3.63, 3.8) is 0 Å². The van der Waals surface area contributed by atoms with Gasteiger partial charge < -0.3 is 5.11 Å². The second-order valence-corrected chi connectivity index (χ2v) is 4.40. The molecule has 0 aliphatic rings. The number of rotatable bonds is 4. The lowest BCUT2D eigenvalue weighted by molar-refractivity contribution is -0.139. The van der Waals surface area contributed by atoms with Gasteiger partial charge in [-0.3, -0.25) is 4.79 Å². The van der Waals surface area contributed by atoms with Gasteiger partial charge in [0.05, 0.1) is 6.42 Å². The molecule has 0 heterocycles. The standard InChI is InChI=1S/C9H12ClF3O2/c1-8(2,5-7(14)15)4-3-6(10)9(11,12)13/h3H,4-5H2,1-2H3,(H,14,15). The number of carboxylic acids is 1. The Morgan fingerprint density at radius 1 is 1.40 bits per heavy atom. The van der Waals surface area contributed by atoms with Crippen molar-refractivity contribution in [2.45, 2.75) is 32.9 Å². The maximum atomic E-state index is 12.0. The quantitative estimate of drug-likeness (QED) is 0.821. The lowest BCUT2D eigenvalue weighted by Gasteiger charge is -2.20. The van der Waals surface area contributed by atoms with E-state index >= 15 is 0 Å². The Labute approximate surface area is 90.7 Å². The Morgan fingerprint density at radius 3 is 2.20 bits per heavy atom. The van der Waals surface area contributed by atoms with E-state index in [0.29, 0.717) is 0 Å². The van der Waals surface area contributed by atoms with Crippen LogP contribution < -0.4 is 0 Å². The molecule has 2 nitrogen and oxygen atoms in total. The first-order chi connectivity index (χ1) is 6.54. The molecule has 0 rings (SSSR count). The van der Waals surface area contributed by atoms with Crippen LogP contribution in [-0.2, 0) is 4.79 Å². The third-order valence-electron chi connectivity index (χ3n) is 1.73. The molecular weight excluding hydrogens is 233 g/mol. The van der Waals surface area contributed by atoms with Gasteiger partial charge in [-0.15, -0.1) is 0 Å². The number of hydrogen-bond acceptors (Lipinski definition) is 1. The summed E-state index contributed by atoms with van der Waals surface area (Å²) in [4.78, 5) is 10.4. The van der Waals surface area contributed by atoms with Crippen LogP contribution in [0.25, 0.3) is 0 Å². The SMILES string of the molecule is CC(C)(CC=C(Cl)C(F)(F)F)CC(=O)O. The lowest BCUT2D eigenvalue weighted by atomic mass is 9.85. The van der Waals surface area contributed by atoms with Crippen molar-refractivity contribution in [1.29, 1.82) is 0 Å². The Balaban J connectivity index is 4.43. The summed E-state index contributed by atoms with van der Waals surface area (Å²) in [6, 6.07) is 0. The fourth-order valence-electron chi connectivity index (χ4n) is 0.963. The molecule has 0 aliphatic heterocycles. The molecule has 0 radical (unpaired) electrons. The van der Waals surface area contributed by atoms with Crippen molar-refractivity contribution >= 4 is 17.6 Å². The summed E-state index contributed by atoms with van der Waals surface area (Å²) in [5, 5.41) is 7.29. The minimum atomic E-state index is -4.55. The molecule has 0 atom stereocenters. The van der Waals surface area contributed by atoms with Crippen LogP contribution in [0.4, 0.5) is 13.2 Å². The van der Waals surface area contributed by atoms with Crippen molar-refractivity contribution in [1.82, 2.24) is 0 Å². The Kier molecular flexibility index (Phi) is 4.65. The third-order valence-corrected chi connectivity index (χ3v) is 2.10. The topological polar surface area (TPSA) is 37.3 Å². The van der Waals surface area contributed by atoms with E-state index in [1.807, 2.05) is 0 Å². The number of aliphatic carboxylic acids is 1. The second-order valence-electron chi connectivity index (χ2n) is 3.99. The van der Waals surface area contributed by atoms with Gasteiger partial charge in [0.25, 0.3) is 0 Å². The average molecular weight is 245 g/mol. The summed E-state index contributed by atoms with van der Waals surface area (Å²) < 4.78 is 35.9. The fourth-order valence-corrected chi connectivity index (χ4v) is 1.04. The van der Waals surface area contributed by atoms with Gasteiger partial charge in [0.2, 0.25) is 0 Å². The third kappa shape index (κ3) is 6.38. The molecule has 0 saturated carbocycles. The number of carbonyl (C=O) groups is 1. The van der Waals surface area contributed by atoms with Gasteiger partial charge in [-0.2, -0.15) is 13.2 Å². The van der Waals surface area contributed by atoms with E-state index in [-0.39, 0.29) is 12.8 Å². The smallest absolute Gasteiger partial charge is 0.426 e. The summed E-state index contributed by atoms with van der Waals surface area (Å²) in [6.07, 6.45) is -3.98. The molecule has 6 heteroatoms. The predicted molar refractivity (Wildman–Crippen MR) is 50.6 cm³/mol. The van der Waals surface area contributed by atoms with Crippen LogP contribution in [0.15, 0.2) is 11.1 Å². The van der Waals surface area contributed by atoms with Gasteiger partial charge in [0.1, 0.15) is 5.03 Å². The van der Waals surface area contributed by atoms with Crippen LogP contribution in [0.1, 0.15) is 26.7 Å². The lowest BCUT2D eigenvalue weighted by Crippen LogP contribution is -2.16. The fraction of sp³-hybridized carbons (Fsp3) is 0.667. The number of alkyl halides is 3. The summed E-state index contributed by atoms with van der Waals surface area (Å²) in [7, 11) is 0. The van der Waals surface area contributed by atoms with Crippen molar-refractivity contribution in [2.24, 2.45) is 5.41 Å². The molecule has 0 fully saturated rings. The van der Waals surface area contributed by atoms with Crippen molar-refractivity contribution in [3.05, 3.63) is 11.1 Å². The molecule has 0 amide bonds. The van der Waals surface area contributed by atoms with Crippen LogP contribution >= 0.6 is 11.6 Å². The Morgan fingerprint density at radius 2 is 1.87 bits per heavy atom. The highest BCUT2D eigenvalue weighted by atomic mass is 35.5. The molecule has 88 valence electrons. The number of carboxylic acid groups (broad SMARTS) is 1. The molecule has 1 N–H and O–H groups in total. The van der Waals surface area contributed by atoms with Crippen LogP contribution in [-0.4, -0.2) is 17.3 Å². The number of halogens is 4. The van der Waals surface area contributed by atoms with Crippen LogP contribution in [0, 0.1) is 5.41 Å². The van der Waals surface area contributed by atoms with Crippen molar-refractivity contribution in [3.8, 4) is 0 Å². The monoisotopic (exact) mass is 244 g/mol. The first kappa shape index (κ1) is 14.3. The Bertz CT molecular complexity index is 269. The molecule has 0 aromatic rings. The molecule has 0 aromatic carbocycles. The van der Waals surface area contributed by atoms with E-state index < -0.39 is 22.6 Å². The van der Waals surface area contributed by atoms with E-state index in [2.05, 4.69) is 0 Å². The zero-order valence-corrected chi connectivity index (χ0v) is 9.11. The summed E-state index contributed by atoms with van der Waals surface area (Å²) in [6.45, 7) is 3.14. The normalized spacial score (nSPS) is 14.1. The first-order valence-corrected chi connectivity index (χ1v) is 4.57. The van der Waals surface area contributed by atoms with Gasteiger partial charge in [-0.25, -0.2) is 0 Å². The summed E-state index contributed by atoms with van der Waals surface area (Å²) >= 11 is 4.99. The van der Waals surface area contributed by atoms with E-state index in [4.69, 9.17) is 16.7 Å². The van der Waals surface area contributed by atoms with Gasteiger partial charge in [-0.05, 0) is 11.8 Å². The predicted octanol–water partition coefficient (Wildman–Crippen LogP) is 3.56. The highest BCUT2D eigenvalue weighted by molar-refractivity contribution is 6.30. The van der Waals surface area contributed by atoms with Gasteiger partial charge in [0, 0.05) is 0 Å². The van der Waals surface area contributed by atoms with E-state index in [1.165, 1.54) is 0 Å². The van der Waals surface area contributed by atoms with E-state index in [9.17, 15) is 18.0 Å². The van der Waals surface area contributed by atoms with E-state index in [1.54, 1.807) is 13.8 Å². The number of allylic oxidation sites excluding steroid dienone is 2. The zero-order valence-electron chi connectivity index (χ0n) is 8.36. The molecule has 0 aliphatic carbocycles. The van der Waals surface area contributed by atoms with Crippen molar-refractivity contribution in [2.75, 3.05) is 0 Å². The highest BCUT2D eigenvalue weighted by Gasteiger charge is 2.33. The van der Waals surface area contributed by atoms with Gasteiger partial charge >= 0.3 is 12.1 Å². The summed E-state index contributed by atoms with van der Waals surface area (Å²) in [5.74, 6) is -1.04. The van der Waals surface area contributed by atoms with Gasteiger partial charge in [0.15, 0.2) is 0 Å². The molecule has 15 heavy (non-hydrogen) atoms. The Hall–Kier alpha value is -0.710. The molecule has 0 bridgehead atoms. The zero-order chi connectivity index (χ0) is 12.3. The first-order valence-electron chi connectivity index (χ1n) is 4.19. The maximum absolute atomic E-state index is 12.0. The van der Waals surface area contributed by atoms with Gasteiger partial charge in [-0.1, -0.05) is 31.5 Å². The number of hydrogen-bond donors (Lipinski definition) is 1. The van der Waals surface area contributed by atoms with Crippen molar-refractivity contribution < 1.29 is 23.1 Å². The van der Waals surface area contributed by atoms with Crippen LogP contribution in [0.5, 0.6) is 0 Å². The molecule has 0 aromatic heterocycles. The van der Waals surface area contributed by atoms with E-state index in [0.717, 1.165) is 6.08 Å². The second kappa shape index (κ2) is 4.88.